The zero-order valence-corrected chi connectivity index (χ0v) is 15.4. The molecule has 1 aromatic heterocycles. The van der Waals surface area contributed by atoms with Gasteiger partial charge in [-0.25, -0.2) is 4.79 Å². The maximum absolute atomic E-state index is 12.9. The van der Waals surface area contributed by atoms with Crippen molar-refractivity contribution in [3.63, 3.8) is 0 Å². The summed E-state index contributed by atoms with van der Waals surface area (Å²) in [6.07, 6.45) is -6.01. The van der Waals surface area contributed by atoms with Crippen LogP contribution in [0.2, 0.25) is 0 Å². The van der Waals surface area contributed by atoms with Crippen molar-refractivity contribution in [1.29, 1.82) is 0 Å². The predicted octanol–water partition coefficient (Wildman–Crippen LogP) is 5.01. The summed E-state index contributed by atoms with van der Waals surface area (Å²) in [7, 11) is 0. The molecule has 0 N–H and O–H groups in total. The van der Waals surface area contributed by atoms with Crippen LogP contribution >= 0.6 is 0 Å². The van der Waals surface area contributed by atoms with Crippen LogP contribution in [0.25, 0.3) is 11.0 Å². The number of hydrogen-bond acceptors (Lipinski definition) is 5. The Morgan fingerprint density at radius 2 is 1.79 bits per heavy atom. The van der Waals surface area contributed by atoms with E-state index in [2.05, 4.69) is 4.74 Å². The molecule has 8 heteroatoms. The number of carbonyl (C=O) groups excluding carboxylic acids is 1. The highest BCUT2D eigenvalue weighted by Crippen LogP contribution is 2.44. The Bertz CT molecular complexity index is 1190. The maximum atomic E-state index is 12.9. The number of alkyl halides is 3. The molecule has 1 aliphatic heterocycles. The van der Waals surface area contributed by atoms with Crippen molar-refractivity contribution in [2.75, 3.05) is 0 Å². The molecule has 0 aliphatic carbocycles. The highest BCUT2D eigenvalue weighted by atomic mass is 19.4. The lowest BCUT2D eigenvalue weighted by Gasteiger charge is -2.29. The monoisotopic (exact) mass is 404 g/mol. The number of Topliss-reactive ketones (excluding diaryl/α,β-unsaturated/α-hetero) is 1. The van der Waals surface area contributed by atoms with Gasteiger partial charge >= 0.3 is 12.0 Å². The molecule has 0 radical (unpaired) electrons. The summed E-state index contributed by atoms with van der Waals surface area (Å²) in [4.78, 5) is 24.6. The van der Waals surface area contributed by atoms with Crippen molar-refractivity contribution in [1.82, 2.24) is 0 Å². The average Bonchev–Trinajstić information content (AvgIpc) is 2.59. The van der Waals surface area contributed by atoms with Crippen LogP contribution in [0.5, 0.6) is 11.5 Å². The predicted molar refractivity (Wildman–Crippen MR) is 97.4 cm³/mol. The Hall–Kier alpha value is -3.29. The molecule has 5 nitrogen and oxygen atoms in total. The third kappa shape index (κ3) is 3.46. The third-order valence-corrected chi connectivity index (χ3v) is 4.78. The fraction of sp³-hybridized carbons (Fsp3) is 0.238. The van der Waals surface area contributed by atoms with Gasteiger partial charge in [0.15, 0.2) is 5.78 Å². The second-order valence-corrected chi connectivity index (χ2v) is 6.84. The van der Waals surface area contributed by atoms with E-state index in [1.54, 1.807) is 26.0 Å². The average molecular weight is 404 g/mol. The molecule has 0 unspecified atom stereocenters. The zero-order chi connectivity index (χ0) is 20.9. The van der Waals surface area contributed by atoms with E-state index in [0.29, 0.717) is 22.1 Å². The second-order valence-electron chi connectivity index (χ2n) is 6.84. The summed E-state index contributed by atoms with van der Waals surface area (Å²) in [6, 6.07) is 8.41. The molecule has 0 amide bonds. The Morgan fingerprint density at radius 3 is 2.52 bits per heavy atom. The van der Waals surface area contributed by atoms with Gasteiger partial charge in [0.05, 0.1) is 17.4 Å². The lowest BCUT2D eigenvalue weighted by molar-refractivity contribution is -0.275. The Balaban J connectivity index is 1.88. The normalized spacial score (nSPS) is 16.4. The van der Waals surface area contributed by atoms with Crippen LogP contribution < -0.4 is 15.1 Å². The third-order valence-electron chi connectivity index (χ3n) is 4.78. The zero-order valence-electron chi connectivity index (χ0n) is 15.4. The van der Waals surface area contributed by atoms with E-state index in [1.807, 2.05) is 0 Å². The van der Waals surface area contributed by atoms with E-state index in [1.165, 1.54) is 24.3 Å². The topological polar surface area (TPSA) is 65.7 Å². The first-order valence-electron chi connectivity index (χ1n) is 8.76. The standard InChI is InChI=1S/C21H15F3O5/c1-10-7-16-19(11(2)8-17(26)27-16)20-18(10)13(25)9-15(28-20)12-5-3-4-6-14(12)29-21(22,23)24/h3-8,15H,9H2,1-2H3/t15-/m1/s1. The first kappa shape index (κ1) is 19.0. The molecule has 0 fully saturated rings. The van der Waals surface area contributed by atoms with Gasteiger partial charge in [-0.15, -0.1) is 13.2 Å². The molecular formula is C21H15F3O5. The molecule has 2 heterocycles. The van der Waals surface area contributed by atoms with Gasteiger partial charge < -0.3 is 13.9 Å². The Morgan fingerprint density at radius 1 is 1.07 bits per heavy atom. The smallest absolute Gasteiger partial charge is 0.484 e. The molecule has 0 spiro atoms. The van der Waals surface area contributed by atoms with Gasteiger partial charge in [0.25, 0.3) is 0 Å². The van der Waals surface area contributed by atoms with Gasteiger partial charge in [0.1, 0.15) is 23.2 Å². The second kappa shape index (κ2) is 6.65. The Kier molecular flexibility index (Phi) is 4.37. The Labute approximate surface area is 162 Å². The largest absolute Gasteiger partial charge is 0.573 e. The number of para-hydroxylation sites is 1. The van der Waals surface area contributed by atoms with Crippen molar-refractivity contribution >= 4 is 16.8 Å². The van der Waals surface area contributed by atoms with E-state index in [9.17, 15) is 22.8 Å². The highest BCUT2D eigenvalue weighted by Gasteiger charge is 2.36. The summed E-state index contributed by atoms with van der Waals surface area (Å²) in [5.41, 5.74) is 1.25. The number of hydrogen-bond donors (Lipinski definition) is 0. The summed E-state index contributed by atoms with van der Waals surface area (Å²) in [6.45, 7) is 3.36. The summed E-state index contributed by atoms with van der Waals surface area (Å²) >= 11 is 0. The van der Waals surface area contributed by atoms with E-state index in [-0.39, 0.29) is 29.1 Å². The molecule has 1 atom stereocenters. The minimum Gasteiger partial charge on any atom is -0.484 e. The van der Waals surface area contributed by atoms with Gasteiger partial charge in [-0.05, 0) is 37.1 Å². The quantitative estimate of drug-likeness (QED) is 0.562. The van der Waals surface area contributed by atoms with Crippen LogP contribution in [0.1, 0.15) is 39.6 Å². The molecule has 2 aromatic carbocycles. The fourth-order valence-electron chi connectivity index (χ4n) is 3.65. The number of ketones is 1. The van der Waals surface area contributed by atoms with Crippen molar-refractivity contribution in [2.24, 2.45) is 0 Å². The number of carbonyl (C=O) groups is 1. The van der Waals surface area contributed by atoms with Crippen molar-refractivity contribution < 1.29 is 31.9 Å². The van der Waals surface area contributed by atoms with Gasteiger partial charge in [-0.2, -0.15) is 0 Å². The van der Waals surface area contributed by atoms with E-state index >= 15 is 0 Å². The number of ether oxygens (including phenoxy) is 2. The van der Waals surface area contributed by atoms with Crippen LogP contribution in [-0.4, -0.2) is 12.1 Å². The minimum atomic E-state index is -4.88. The molecule has 4 rings (SSSR count). The molecule has 1 aliphatic rings. The SMILES string of the molecule is Cc1cc2oc(=O)cc(C)c2c2c1C(=O)C[C@H](c1ccccc1OC(F)(F)F)O2. The van der Waals surface area contributed by atoms with Gasteiger partial charge in [0.2, 0.25) is 0 Å². The van der Waals surface area contributed by atoms with Gasteiger partial charge in [-0.1, -0.05) is 18.2 Å². The molecule has 0 bridgehead atoms. The molecular weight excluding hydrogens is 389 g/mol. The van der Waals surface area contributed by atoms with Crippen LogP contribution in [0, 0.1) is 13.8 Å². The molecule has 0 saturated carbocycles. The fourth-order valence-corrected chi connectivity index (χ4v) is 3.65. The van der Waals surface area contributed by atoms with E-state index < -0.39 is 23.8 Å². The highest BCUT2D eigenvalue weighted by molar-refractivity contribution is 6.07. The molecule has 0 saturated heterocycles. The maximum Gasteiger partial charge on any atom is 0.573 e. The first-order chi connectivity index (χ1) is 13.6. The van der Waals surface area contributed by atoms with Crippen LogP contribution in [0.4, 0.5) is 13.2 Å². The van der Waals surface area contributed by atoms with Crippen LogP contribution in [0.3, 0.4) is 0 Å². The van der Waals surface area contributed by atoms with Gasteiger partial charge in [-0.3, -0.25) is 4.79 Å². The van der Waals surface area contributed by atoms with Crippen molar-refractivity contribution in [3.05, 3.63) is 69.1 Å². The number of fused-ring (bicyclic) bond motifs is 3. The number of halogens is 3. The lowest BCUT2D eigenvalue weighted by atomic mass is 9.91. The van der Waals surface area contributed by atoms with E-state index in [0.717, 1.165) is 0 Å². The van der Waals surface area contributed by atoms with Crippen LogP contribution in [-0.2, 0) is 0 Å². The van der Waals surface area contributed by atoms with E-state index in [4.69, 9.17) is 9.15 Å². The summed E-state index contributed by atoms with van der Waals surface area (Å²) < 4.78 is 53.7. The molecule has 29 heavy (non-hydrogen) atoms. The number of aryl methyl sites for hydroxylation is 2. The van der Waals surface area contributed by atoms with Crippen molar-refractivity contribution in [3.8, 4) is 11.5 Å². The first-order valence-corrected chi connectivity index (χ1v) is 8.76. The lowest BCUT2D eigenvalue weighted by Crippen LogP contribution is -2.24. The van der Waals surface area contributed by atoms with Crippen molar-refractivity contribution in [2.45, 2.75) is 32.7 Å². The number of rotatable bonds is 2. The summed E-state index contributed by atoms with van der Waals surface area (Å²) in [5, 5.41) is 0.442. The summed E-state index contributed by atoms with van der Waals surface area (Å²) in [5.74, 6) is -0.506. The van der Waals surface area contributed by atoms with Gasteiger partial charge in [0, 0.05) is 11.6 Å². The molecule has 150 valence electrons. The van der Waals surface area contributed by atoms with Crippen LogP contribution in [0.15, 0.2) is 45.6 Å². The number of benzene rings is 2. The minimum absolute atomic E-state index is 0.105. The molecule has 3 aromatic rings.